The number of ketones is 1. The summed E-state index contributed by atoms with van der Waals surface area (Å²) in [7, 11) is 0. The lowest BCUT2D eigenvalue weighted by atomic mass is 9.93. The lowest BCUT2D eigenvalue weighted by Crippen LogP contribution is -2.50. The summed E-state index contributed by atoms with van der Waals surface area (Å²) in [4.78, 5) is 34.7. The Morgan fingerprint density at radius 3 is 2.10 bits per heavy atom. The van der Waals surface area contributed by atoms with Crippen LogP contribution in [-0.4, -0.2) is 41.4 Å². The number of aliphatic hydroxyl groups excluding tert-OH is 1. The van der Waals surface area contributed by atoms with Crippen molar-refractivity contribution in [3.8, 4) is 0 Å². The van der Waals surface area contributed by atoms with Crippen molar-refractivity contribution in [3.05, 3.63) is 0 Å². The predicted molar refractivity (Wildman–Crippen MR) is 75.9 cm³/mol. The molecule has 0 saturated carbocycles. The van der Waals surface area contributed by atoms with Crippen LogP contribution in [0.1, 0.15) is 41.0 Å². The molecule has 0 aromatic heterocycles. The molecule has 0 bridgehead atoms. The van der Waals surface area contributed by atoms with Gasteiger partial charge < -0.3 is 15.7 Å². The minimum Gasteiger partial charge on any atom is -0.391 e. The molecule has 0 aromatic carbocycles. The van der Waals surface area contributed by atoms with Crippen molar-refractivity contribution in [3.63, 3.8) is 0 Å². The predicted octanol–water partition coefficient (Wildman–Crippen LogP) is 0.239. The Bertz CT molecular complexity index is 355. The van der Waals surface area contributed by atoms with Crippen LogP contribution in [0.5, 0.6) is 0 Å². The van der Waals surface area contributed by atoms with Gasteiger partial charge in [0.1, 0.15) is 6.04 Å². The zero-order valence-corrected chi connectivity index (χ0v) is 12.9. The smallest absolute Gasteiger partial charge is 0.240 e. The van der Waals surface area contributed by atoms with Gasteiger partial charge in [0.25, 0.3) is 0 Å². The van der Waals surface area contributed by atoms with Crippen molar-refractivity contribution in [1.29, 1.82) is 0 Å². The standard InChI is InChI=1S/C14H26N2O4/c1-6-8(2)9(3)14(20)15-7-12(19)16-13(10(4)17)11(5)18/h8-10,13,17H,6-7H2,1-5H3,(H,15,20)(H,16,19). The molecule has 0 fully saturated rings. The summed E-state index contributed by atoms with van der Waals surface area (Å²) in [6.07, 6.45) is -0.0823. The first-order valence-electron chi connectivity index (χ1n) is 6.96. The quantitative estimate of drug-likeness (QED) is 0.595. The number of hydrogen-bond donors (Lipinski definition) is 3. The highest BCUT2D eigenvalue weighted by Gasteiger charge is 2.23. The summed E-state index contributed by atoms with van der Waals surface area (Å²) in [5.41, 5.74) is 0. The van der Waals surface area contributed by atoms with E-state index < -0.39 is 18.1 Å². The van der Waals surface area contributed by atoms with Crippen molar-refractivity contribution >= 4 is 17.6 Å². The van der Waals surface area contributed by atoms with E-state index in [0.717, 1.165) is 6.42 Å². The second-order valence-corrected chi connectivity index (χ2v) is 5.29. The molecule has 6 heteroatoms. The summed E-state index contributed by atoms with van der Waals surface area (Å²) in [6.45, 7) is 8.31. The van der Waals surface area contributed by atoms with E-state index in [0.29, 0.717) is 0 Å². The minimum atomic E-state index is -0.966. The number of aliphatic hydroxyl groups is 1. The van der Waals surface area contributed by atoms with Gasteiger partial charge in [-0.25, -0.2) is 0 Å². The molecule has 0 aromatic rings. The highest BCUT2D eigenvalue weighted by atomic mass is 16.3. The van der Waals surface area contributed by atoms with Gasteiger partial charge in [0, 0.05) is 5.92 Å². The van der Waals surface area contributed by atoms with Gasteiger partial charge in [0.05, 0.1) is 12.6 Å². The van der Waals surface area contributed by atoms with E-state index in [9.17, 15) is 19.5 Å². The Labute approximate surface area is 120 Å². The van der Waals surface area contributed by atoms with Crippen LogP contribution >= 0.6 is 0 Å². The first-order chi connectivity index (χ1) is 9.20. The summed E-state index contributed by atoms with van der Waals surface area (Å²) in [5.74, 6) is -0.942. The highest BCUT2D eigenvalue weighted by Crippen LogP contribution is 2.13. The normalized spacial score (nSPS) is 16.7. The average molecular weight is 286 g/mol. The van der Waals surface area contributed by atoms with Gasteiger partial charge in [-0.15, -0.1) is 0 Å². The zero-order chi connectivity index (χ0) is 15.9. The van der Waals surface area contributed by atoms with E-state index in [1.807, 2.05) is 20.8 Å². The van der Waals surface area contributed by atoms with E-state index in [4.69, 9.17) is 0 Å². The average Bonchev–Trinajstić information content (AvgIpc) is 2.39. The fourth-order valence-corrected chi connectivity index (χ4v) is 1.73. The second-order valence-electron chi connectivity index (χ2n) is 5.29. The maximum absolute atomic E-state index is 11.8. The molecule has 0 rings (SSSR count). The number of carbonyl (C=O) groups excluding carboxylic acids is 3. The van der Waals surface area contributed by atoms with Gasteiger partial charge in [0.15, 0.2) is 5.78 Å². The van der Waals surface area contributed by atoms with Crippen LogP contribution in [0, 0.1) is 11.8 Å². The van der Waals surface area contributed by atoms with Gasteiger partial charge >= 0.3 is 0 Å². The Morgan fingerprint density at radius 2 is 1.70 bits per heavy atom. The Hall–Kier alpha value is -1.43. The van der Waals surface area contributed by atoms with Crippen LogP contribution in [-0.2, 0) is 14.4 Å². The molecule has 0 spiro atoms. The third kappa shape index (κ3) is 6.14. The Kier molecular flexibility index (Phi) is 8.06. The SMILES string of the molecule is CCC(C)C(C)C(=O)NCC(=O)NC(C(C)=O)C(C)O. The molecule has 6 nitrogen and oxygen atoms in total. The maximum Gasteiger partial charge on any atom is 0.240 e. The molecule has 0 radical (unpaired) electrons. The summed E-state index contributed by atoms with van der Waals surface area (Å²) in [6, 6.07) is -0.939. The number of carbonyl (C=O) groups is 3. The van der Waals surface area contributed by atoms with E-state index >= 15 is 0 Å². The topological polar surface area (TPSA) is 95.5 Å². The molecule has 4 atom stereocenters. The molecule has 0 aliphatic heterocycles. The minimum absolute atomic E-state index is 0.173. The molecule has 4 unspecified atom stereocenters. The molecule has 2 amide bonds. The number of Topliss-reactive ketones (excluding diaryl/α,β-unsaturated/α-hetero) is 1. The van der Waals surface area contributed by atoms with Gasteiger partial charge in [-0.1, -0.05) is 27.2 Å². The lowest BCUT2D eigenvalue weighted by Gasteiger charge is -2.20. The third-order valence-corrected chi connectivity index (χ3v) is 3.57. The fourth-order valence-electron chi connectivity index (χ4n) is 1.73. The van der Waals surface area contributed by atoms with E-state index in [1.165, 1.54) is 13.8 Å². The summed E-state index contributed by atoms with van der Waals surface area (Å²) in [5, 5.41) is 14.3. The molecular weight excluding hydrogens is 260 g/mol. The highest BCUT2D eigenvalue weighted by molar-refractivity contribution is 5.90. The van der Waals surface area contributed by atoms with Crippen LogP contribution in [0.3, 0.4) is 0 Å². The van der Waals surface area contributed by atoms with Crippen molar-refractivity contribution in [2.45, 2.75) is 53.2 Å². The number of hydrogen-bond acceptors (Lipinski definition) is 4. The van der Waals surface area contributed by atoms with Gasteiger partial charge in [-0.3, -0.25) is 14.4 Å². The van der Waals surface area contributed by atoms with Crippen LogP contribution in [0.15, 0.2) is 0 Å². The first kappa shape index (κ1) is 18.6. The zero-order valence-electron chi connectivity index (χ0n) is 12.9. The molecule has 20 heavy (non-hydrogen) atoms. The van der Waals surface area contributed by atoms with Crippen LogP contribution in [0.4, 0.5) is 0 Å². The number of amides is 2. The van der Waals surface area contributed by atoms with Gasteiger partial charge in [-0.2, -0.15) is 0 Å². The molecule has 0 aliphatic carbocycles. The summed E-state index contributed by atoms with van der Waals surface area (Å²) < 4.78 is 0. The fraction of sp³-hybridized carbons (Fsp3) is 0.786. The first-order valence-corrected chi connectivity index (χ1v) is 6.96. The molecular formula is C14H26N2O4. The van der Waals surface area contributed by atoms with E-state index in [-0.39, 0.29) is 30.1 Å². The number of rotatable bonds is 8. The van der Waals surface area contributed by atoms with Crippen molar-refractivity contribution in [2.75, 3.05) is 6.54 Å². The van der Waals surface area contributed by atoms with Gasteiger partial charge in [-0.05, 0) is 19.8 Å². The monoisotopic (exact) mass is 286 g/mol. The third-order valence-electron chi connectivity index (χ3n) is 3.57. The molecule has 0 saturated heterocycles. The second kappa shape index (κ2) is 8.68. The number of nitrogens with one attached hydrogen (secondary N) is 2. The lowest BCUT2D eigenvalue weighted by molar-refractivity contribution is -0.131. The van der Waals surface area contributed by atoms with E-state index in [2.05, 4.69) is 10.6 Å². The Morgan fingerprint density at radius 1 is 1.15 bits per heavy atom. The van der Waals surface area contributed by atoms with Crippen molar-refractivity contribution in [2.24, 2.45) is 11.8 Å². The van der Waals surface area contributed by atoms with Gasteiger partial charge in [0.2, 0.25) is 11.8 Å². The maximum atomic E-state index is 11.8. The molecule has 0 heterocycles. The Balaban J connectivity index is 4.29. The molecule has 0 aliphatic rings. The van der Waals surface area contributed by atoms with Crippen molar-refractivity contribution in [1.82, 2.24) is 10.6 Å². The summed E-state index contributed by atoms with van der Waals surface area (Å²) >= 11 is 0. The van der Waals surface area contributed by atoms with E-state index in [1.54, 1.807) is 0 Å². The molecule has 116 valence electrons. The van der Waals surface area contributed by atoms with Crippen LogP contribution in [0.2, 0.25) is 0 Å². The van der Waals surface area contributed by atoms with Crippen LogP contribution in [0.25, 0.3) is 0 Å². The van der Waals surface area contributed by atoms with Crippen LogP contribution < -0.4 is 10.6 Å². The van der Waals surface area contributed by atoms with Crippen molar-refractivity contribution < 1.29 is 19.5 Å². The largest absolute Gasteiger partial charge is 0.391 e. The molecule has 3 N–H and O–H groups in total.